The van der Waals surface area contributed by atoms with Crippen LogP contribution < -0.4 is 5.73 Å². The molecule has 0 heterocycles. The molecule has 1 rings (SSSR count). The van der Waals surface area contributed by atoms with Crippen molar-refractivity contribution in [3.63, 3.8) is 0 Å². The minimum atomic E-state index is -0.0737. The number of carbonyl (C=O) groups is 1. The third-order valence-corrected chi connectivity index (χ3v) is 2.22. The molecule has 1 aromatic carbocycles. The smallest absolute Gasteiger partial charge is 0.204 e. The van der Waals surface area contributed by atoms with Gasteiger partial charge in [0.05, 0.1) is 11.7 Å². The van der Waals surface area contributed by atoms with Crippen molar-refractivity contribution in [1.29, 1.82) is 0 Å². The molecule has 0 spiro atoms. The first-order chi connectivity index (χ1) is 8.44. The lowest BCUT2D eigenvalue weighted by Crippen LogP contribution is -2.22. The topological polar surface area (TPSA) is 52.3 Å². The summed E-state index contributed by atoms with van der Waals surface area (Å²) in [7, 11) is 0. The molecule has 1 amide bonds. The van der Waals surface area contributed by atoms with E-state index >= 15 is 0 Å². The Hall–Kier alpha value is -1.35. The first kappa shape index (κ1) is 16.6. The second kappa shape index (κ2) is 8.70. The average molecular weight is 251 g/mol. The highest BCUT2D eigenvalue weighted by Crippen LogP contribution is 2.27. The number of hydrogen-bond acceptors (Lipinski definition) is 2. The van der Waals surface area contributed by atoms with Crippen molar-refractivity contribution >= 4 is 6.41 Å². The van der Waals surface area contributed by atoms with Gasteiger partial charge in [0.1, 0.15) is 0 Å². The van der Waals surface area contributed by atoms with Crippen LogP contribution in [0.25, 0.3) is 0 Å². The molecule has 18 heavy (non-hydrogen) atoms. The molecule has 102 valence electrons. The minimum Gasteiger partial charge on any atom is -0.372 e. The first-order valence-electron chi connectivity index (χ1n) is 6.32. The van der Waals surface area contributed by atoms with E-state index in [4.69, 9.17) is 9.53 Å². The van der Waals surface area contributed by atoms with Crippen molar-refractivity contribution < 1.29 is 9.53 Å². The SMILES string of the molecule is CCCC(OC(C)(C)C)c1ccccc1.NC=O. The molecule has 1 atom stereocenters. The summed E-state index contributed by atoms with van der Waals surface area (Å²) in [5, 5.41) is 0. The number of primary amides is 1. The summed E-state index contributed by atoms with van der Waals surface area (Å²) < 4.78 is 6.06. The molecule has 0 saturated heterocycles. The predicted molar refractivity (Wildman–Crippen MR) is 75.2 cm³/mol. The predicted octanol–water partition coefficient (Wildman–Crippen LogP) is 3.44. The van der Waals surface area contributed by atoms with Crippen LogP contribution in [0.1, 0.15) is 52.2 Å². The maximum absolute atomic E-state index is 8.58. The Kier molecular flexibility index (Phi) is 8.05. The van der Waals surface area contributed by atoms with E-state index in [-0.39, 0.29) is 18.1 Å². The first-order valence-corrected chi connectivity index (χ1v) is 6.32. The quantitative estimate of drug-likeness (QED) is 0.833. The van der Waals surface area contributed by atoms with Gasteiger partial charge in [-0.05, 0) is 32.8 Å². The van der Waals surface area contributed by atoms with E-state index in [0.717, 1.165) is 12.8 Å². The highest BCUT2D eigenvalue weighted by atomic mass is 16.5. The van der Waals surface area contributed by atoms with E-state index in [9.17, 15) is 0 Å². The van der Waals surface area contributed by atoms with E-state index in [1.807, 2.05) is 6.07 Å². The Morgan fingerprint density at radius 2 is 1.78 bits per heavy atom. The highest BCUT2D eigenvalue weighted by molar-refractivity contribution is 5.42. The van der Waals surface area contributed by atoms with Gasteiger partial charge in [-0.1, -0.05) is 43.7 Å². The maximum Gasteiger partial charge on any atom is 0.204 e. The van der Waals surface area contributed by atoms with Crippen LogP contribution in [0.4, 0.5) is 0 Å². The van der Waals surface area contributed by atoms with Crippen LogP contribution in [-0.2, 0) is 9.53 Å². The second-order valence-electron chi connectivity index (χ2n) is 5.05. The fourth-order valence-electron chi connectivity index (χ4n) is 1.65. The lowest BCUT2D eigenvalue weighted by atomic mass is 10.0. The Morgan fingerprint density at radius 3 is 2.17 bits per heavy atom. The highest BCUT2D eigenvalue weighted by Gasteiger charge is 2.19. The fraction of sp³-hybridized carbons (Fsp3) is 0.533. The zero-order valence-electron chi connectivity index (χ0n) is 11.8. The van der Waals surface area contributed by atoms with Gasteiger partial charge in [0.25, 0.3) is 0 Å². The molecule has 0 saturated carbocycles. The van der Waals surface area contributed by atoms with Gasteiger partial charge in [0, 0.05) is 0 Å². The molecule has 1 unspecified atom stereocenters. The van der Waals surface area contributed by atoms with E-state index in [1.54, 1.807) is 0 Å². The van der Waals surface area contributed by atoms with E-state index in [2.05, 4.69) is 57.7 Å². The van der Waals surface area contributed by atoms with Crippen LogP contribution in [0.5, 0.6) is 0 Å². The monoisotopic (exact) mass is 251 g/mol. The molecular formula is C15H25NO2. The zero-order valence-corrected chi connectivity index (χ0v) is 11.8. The molecule has 3 heteroatoms. The molecule has 0 bridgehead atoms. The van der Waals surface area contributed by atoms with Crippen LogP contribution in [0.15, 0.2) is 30.3 Å². The van der Waals surface area contributed by atoms with E-state index in [0.29, 0.717) is 0 Å². The summed E-state index contributed by atoms with van der Waals surface area (Å²) in [6.45, 7) is 8.53. The van der Waals surface area contributed by atoms with Crippen LogP contribution in [0, 0.1) is 0 Å². The van der Waals surface area contributed by atoms with Crippen LogP contribution in [0.2, 0.25) is 0 Å². The van der Waals surface area contributed by atoms with Crippen molar-refractivity contribution in [3.05, 3.63) is 35.9 Å². The largest absolute Gasteiger partial charge is 0.372 e. The lowest BCUT2D eigenvalue weighted by Gasteiger charge is -2.27. The van der Waals surface area contributed by atoms with Gasteiger partial charge >= 0.3 is 0 Å². The van der Waals surface area contributed by atoms with Gasteiger partial charge in [-0.3, -0.25) is 4.79 Å². The van der Waals surface area contributed by atoms with Gasteiger partial charge in [0.15, 0.2) is 0 Å². The molecule has 0 aromatic heterocycles. The molecule has 3 nitrogen and oxygen atoms in total. The summed E-state index contributed by atoms with van der Waals surface area (Å²) in [6.07, 6.45) is 2.72. The summed E-state index contributed by atoms with van der Waals surface area (Å²) in [6, 6.07) is 10.5. The molecule has 0 aliphatic rings. The molecule has 0 fully saturated rings. The van der Waals surface area contributed by atoms with Crippen molar-refractivity contribution in [2.45, 2.75) is 52.2 Å². The summed E-state index contributed by atoms with van der Waals surface area (Å²) in [5.41, 5.74) is 5.38. The number of ether oxygens (including phenoxy) is 1. The number of nitrogens with two attached hydrogens (primary N) is 1. The normalized spacial score (nSPS) is 12.2. The molecule has 0 aliphatic heterocycles. The van der Waals surface area contributed by atoms with Crippen LogP contribution in [-0.4, -0.2) is 12.0 Å². The maximum atomic E-state index is 8.58. The third kappa shape index (κ3) is 7.85. The Morgan fingerprint density at radius 1 is 1.28 bits per heavy atom. The number of benzene rings is 1. The van der Waals surface area contributed by atoms with E-state index < -0.39 is 0 Å². The number of rotatable bonds is 4. The summed E-state index contributed by atoms with van der Waals surface area (Å²) in [5.74, 6) is 0. The second-order valence-corrected chi connectivity index (χ2v) is 5.05. The van der Waals surface area contributed by atoms with Gasteiger partial charge in [0.2, 0.25) is 6.41 Å². The van der Waals surface area contributed by atoms with Crippen molar-refractivity contribution in [1.82, 2.24) is 0 Å². The van der Waals surface area contributed by atoms with Crippen LogP contribution >= 0.6 is 0 Å². The van der Waals surface area contributed by atoms with E-state index in [1.165, 1.54) is 5.56 Å². The Balaban J connectivity index is 0.000000873. The van der Waals surface area contributed by atoms with Crippen molar-refractivity contribution in [2.75, 3.05) is 0 Å². The standard InChI is InChI=1S/C14H22O.CH3NO/c1-5-9-13(15-14(2,3)4)12-10-7-6-8-11-12;2-1-3/h6-8,10-11,13H,5,9H2,1-4H3;1H,(H2,2,3). The Labute approximate surface area is 110 Å². The van der Waals surface area contributed by atoms with Gasteiger partial charge in [-0.25, -0.2) is 0 Å². The van der Waals surface area contributed by atoms with Gasteiger partial charge in [-0.15, -0.1) is 0 Å². The molecule has 0 radical (unpaired) electrons. The third-order valence-electron chi connectivity index (χ3n) is 2.22. The summed E-state index contributed by atoms with van der Waals surface area (Å²) in [4.78, 5) is 8.58. The molecule has 2 N–H and O–H groups in total. The lowest BCUT2D eigenvalue weighted by molar-refractivity contribution is -0.106. The minimum absolute atomic E-state index is 0.0737. The molecule has 0 aliphatic carbocycles. The fourth-order valence-corrected chi connectivity index (χ4v) is 1.65. The van der Waals surface area contributed by atoms with Gasteiger partial charge < -0.3 is 10.5 Å². The van der Waals surface area contributed by atoms with Crippen molar-refractivity contribution in [3.8, 4) is 0 Å². The number of hydrogen-bond donors (Lipinski definition) is 1. The molecular weight excluding hydrogens is 226 g/mol. The van der Waals surface area contributed by atoms with Crippen molar-refractivity contribution in [2.24, 2.45) is 5.73 Å². The zero-order chi connectivity index (χ0) is 14.0. The number of amides is 1. The van der Waals surface area contributed by atoms with Crippen LogP contribution in [0.3, 0.4) is 0 Å². The number of carbonyl (C=O) groups excluding carboxylic acids is 1. The molecule has 1 aromatic rings. The average Bonchev–Trinajstić information content (AvgIpc) is 2.29. The summed E-state index contributed by atoms with van der Waals surface area (Å²) >= 11 is 0. The Bertz CT molecular complexity index is 317. The van der Waals surface area contributed by atoms with Gasteiger partial charge in [-0.2, -0.15) is 0 Å².